The lowest BCUT2D eigenvalue weighted by Gasteiger charge is -2.28. The number of ether oxygens (including phenoxy) is 2. The van der Waals surface area contributed by atoms with Crippen LogP contribution in [0, 0.1) is 5.41 Å². The topological polar surface area (TPSA) is 21.7 Å². The Hall–Kier alpha value is -0.120. The smallest absolute Gasteiger partial charge is 0.188 e. The molecule has 0 aromatic rings. The molecule has 2 aliphatic heterocycles. The molecular formula is C11H19NO2. The molecule has 2 heterocycles. The summed E-state index contributed by atoms with van der Waals surface area (Å²) in [6.07, 6.45) is 2.58. The Bertz CT molecular complexity index is 242. The van der Waals surface area contributed by atoms with Crippen LogP contribution in [-0.2, 0) is 9.47 Å². The highest BCUT2D eigenvalue weighted by molar-refractivity contribution is 5.13. The third-order valence-electron chi connectivity index (χ3n) is 4.06. The fraction of sp³-hybridized carbons (Fsp3) is 1.00. The van der Waals surface area contributed by atoms with Crippen molar-refractivity contribution in [3.05, 3.63) is 0 Å². The van der Waals surface area contributed by atoms with E-state index in [0.29, 0.717) is 11.5 Å². The van der Waals surface area contributed by atoms with Gasteiger partial charge in [-0.2, -0.15) is 0 Å². The Balaban J connectivity index is 1.85. The van der Waals surface area contributed by atoms with E-state index in [0.717, 1.165) is 19.8 Å². The average Bonchev–Trinajstić information content (AvgIpc) is 2.67. The second-order valence-corrected chi connectivity index (χ2v) is 5.23. The van der Waals surface area contributed by atoms with Crippen LogP contribution in [0.1, 0.15) is 26.7 Å². The van der Waals surface area contributed by atoms with Crippen LogP contribution in [0.25, 0.3) is 0 Å². The first-order valence-electron chi connectivity index (χ1n) is 5.70. The summed E-state index contributed by atoms with van der Waals surface area (Å²) in [4.78, 5) is 2.50. The van der Waals surface area contributed by atoms with Crippen LogP contribution < -0.4 is 0 Å². The van der Waals surface area contributed by atoms with Crippen molar-refractivity contribution in [3.63, 3.8) is 0 Å². The summed E-state index contributed by atoms with van der Waals surface area (Å²) in [6.45, 7) is 8.23. The fourth-order valence-electron chi connectivity index (χ4n) is 2.91. The van der Waals surface area contributed by atoms with E-state index < -0.39 is 0 Å². The van der Waals surface area contributed by atoms with Crippen molar-refractivity contribution < 1.29 is 9.47 Å². The predicted molar refractivity (Wildman–Crippen MR) is 53.0 cm³/mol. The highest BCUT2D eigenvalue weighted by Gasteiger charge is 2.68. The van der Waals surface area contributed by atoms with E-state index in [2.05, 4.69) is 18.7 Å². The van der Waals surface area contributed by atoms with Crippen molar-refractivity contribution in [1.29, 1.82) is 0 Å². The molecule has 0 N–H and O–H groups in total. The Labute approximate surface area is 85.4 Å². The van der Waals surface area contributed by atoms with Crippen molar-refractivity contribution in [2.45, 2.75) is 38.5 Å². The molecule has 2 spiro atoms. The van der Waals surface area contributed by atoms with Gasteiger partial charge in [-0.3, -0.25) is 4.90 Å². The fourth-order valence-corrected chi connectivity index (χ4v) is 2.91. The molecular weight excluding hydrogens is 178 g/mol. The summed E-state index contributed by atoms with van der Waals surface area (Å²) in [5.41, 5.74) is 0.355. The lowest BCUT2D eigenvalue weighted by Crippen LogP contribution is -2.41. The molecule has 80 valence electrons. The molecule has 3 heteroatoms. The quantitative estimate of drug-likeness (QED) is 0.631. The van der Waals surface area contributed by atoms with Crippen LogP contribution in [0.3, 0.4) is 0 Å². The van der Waals surface area contributed by atoms with E-state index in [1.165, 1.54) is 19.4 Å². The first kappa shape index (κ1) is 9.13. The van der Waals surface area contributed by atoms with Crippen molar-refractivity contribution in [2.24, 2.45) is 5.41 Å². The number of hydrogen-bond acceptors (Lipinski definition) is 3. The van der Waals surface area contributed by atoms with Gasteiger partial charge in [-0.05, 0) is 26.7 Å². The molecule has 3 nitrogen and oxygen atoms in total. The number of rotatable bonds is 1. The van der Waals surface area contributed by atoms with Gasteiger partial charge in [0.1, 0.15) is 0 Å². The molecule has 0 unspecified atom stereocenters. The van der Waals surface area contributed by atoms with Crippen LogP contribution >= 0.6 is 0 Å². The van der Waals surface area contributed by atoms with E-state index in [-0.39, 0.29) is 5.79 Å². The second kappa shape index (κ2) is 2.71. The van der Waals surface area contributed by atoms with E-state index in [4.69, 9.17) is 9.47 Å². The van der Waals surface area contributed by atoms with Gasteiger partial charge in [0.05, 0.1) is 19.8 Å². The zero-order chi connectivity index (χ0) is 9.81. The molecule has 2 saturated heterocycles. The zero-order valence-electron chi connectivity index (χ0n) is 9.08. The summed E-state index contributed by atoms with van der Waals surface area (Å²) in [7, 11) is 0. The van der Waals surface area contributed by atoms with Gasteiger partial charge in [0.2, 0.25) is 0 Å². The van der Waals surface area contributed by atoms with E-state index in [1.807, 2.05) is 0 Å². The predicted octanol–water partition coefficient (Wildman–Crippen LogP) is 1.23. The number of fused-ring (bicyclic) bond motifs is 1. The van der Waals surface area contributed by atoms with Gasteiger partial charge in [-0.15, -0.1) is 0 Å². The van der Waals surface area contributed by atoms with Crippen LogP contribution in [0.5, 0.6) is 0 Å². The monoisotopic (exact) mass is 197 g/mol. The van der Waals surface area contributed by atoms with Crippen molar-refractivity contribution in [2.75, 3.05) is 26.3 Å². The van der Waals surface area contributed by atoms with Gasteiger partial charge in [0.15, 0.2) is 5.79 Å². The summed E-state index contributed by atoms with van der Waals surface area (Å²) in [5, 5.41) is 0. The van der Waals surface area contributed by atoms with E-state index in [9.17, 15) is 0 Å². The third-order valence-corrected chi connectivity index (χ3v) is 4.06. The molecule has 3 fully saturated rings. The molecule has 0 bridgehead atoms. The first-order valence-corrected chi connectivity index (χ1v) is 5.70. The Morgan fingerprint density at radius 3 is 2.21 bits per heavy atom. The molecule has 0 aromatic carbocycles. The van der Waals surface area contributed by atoms with Gasteiger partial charge < -0.3 is 9.47 Å². The molecule has 1 saturated carbocycles. The Morgan fingerprint density at radius 1 is 1.07 bits per heavy atom. The molecule has 0 atom stereocenters. The number of likely N-dealkylation sites (tertiary alicyclic amines) is 1. The minimum atomic E-state index is -0.225. The van der Waals surface area contributed by atoms with Gasteiger partial charge in [-0.1, -0.05) is 0 Å². The summed E-state index contributed by atoms with van der Waals surface area (Å²) in [5.74, 6) is -0.225. The number of hydrogen-bond donors (Lipinski definition) is 0. The van der Waals surface area contributed by atoms with Gasteiger partial charge in [0.25, 0.3) is 0 Å². The zero-order valence-corrected chi connectivity index (χ0v) is 9.08. The van der Waals surface area contributed by atoms with Crippen molar-refractivity contribution >= 4 is 0 Å². The Morgan fingerprint density at radius 2 is 1.71 bits per heavy atom. The first-order chi connectivity index (χ1) is 6.68. The lowest BCUT2D eigenvalue weighted by atomic mass is 10.00. The highest BCUT2D eigenvalue weighted by atomic mass is 16.7. The lowest BCUT2D eigenvalue weighted by molar-refractivity contribution is -0.182. The standard InChI is InChI=1S/C11H19NO2/c1-9(2)12-7-10(3-4-10)11(8-12)13-5-6-14-11/h9H,3-8H2,1-2H3. The minimum absolute atomic E-state index is 0.225. The molecule has 14 heavy (non-hydrogen) atoms. The van der Waals surface area contributed by atoms with Crippen LogP contribution in [0.4, 0.5) is 0 Å². The normalized spacial score (nSPS) is 33.6. The molecule has 1 aliphatic carbocycles. The largest absolute Gasteiger partial charge is 0.346 e. The van der Waals surface area contributed by atoms with Gasteiger partial charge in [0, 0.05) is 18.0 Å². The van der Waals surface area contributed by atoms with E-state index in [1.54, 1.807) is 0 Å². The summed E-state index contributed by atoms with van der Waals surface area (Å²) in [6, 6.07) is 0.611. The average molecular weight is 197 g/mol. The van der Waals surface area contributed by atoms with Crippen LogP contribution in [-0.4, -0.2) is 43.0 Å². The van der Waals surface area contributed by atoms with Crippen LogP contribution in [0.15, 0.2) is 0 Å². The van der Waals surface area contributed by atoms with Gasteiger partial charge in [-0.25, -0.2) is 0 Å². The van der Waals surface area contributed by atoms with Gasteiger partial charge >= 0.3 is 0 Å². The summed E-state index contributed by atoms with van der Waals surface area (Å²) >= 11 is 0. The molecule has 3 aliphatic rings. The third kappa shape index (κ3) is 1.03. The molecule has 3 rings (SSSR count). The maximum absolute atomic E-state index is 5.90. The van der Waals surface area contributed by atoms with Crippen molar-refractivity contribution in [3.8, 4) is 0 Å². The molecule has 0 amide bonds. The minimum Gasteiger partial charge on any atom is -0.346 e. The maximum atomic E-state index is 5.90. The van der Waals surface area contributed by atoms with Crippen molar-refractivity contribution in [1.82, 2.24) is 4.90 Å². The second-order valence-electron chi connectivity index (χ2n) is 5.23. The highest BCUT2D eigenvalue weighted by Crippen LogP contribution is 2.61. The Kier molecular flexibility index (Phi) is 1.77. The van der Waals surface area contributed by atoms with E-state index >= 15 is 0 Å². The SMILES string of the molecule is CC(C)N1CC2(CC2)C2(C1)OCCO2. The summed E-state index contributed by atoms with van der Waals surface area (Å²) < 4.78 is 11.8. The van der Waals surface area contributed by atoms with Crippen LogP contribution in [0.2, 0.25) is 0 Å². The maximum Gasteiger partial charge on any atom is 0.188 e. The molecule has 0 radical (unpaired) electrons. The molecule has 0 aromatic heterocycles. The number of nitrogens with zero attached hydrogens (tertiary/aromatic N) is 1.